The summed E-state index contributed by atoms with van der Waals surface area (Å²) in [5, 5.41) is 2.40. The second kappa shape index (κ2) is 8.93. The van der Waals surface area contributed by atoms with E-state index in [1.165, 1.54) is 0 Å². The molecule has 2 nitrogen and oxygen atoms in total. The monoisotopic (exact) mass is 413 g/mol. The van der Waals surface area contributed by atoms with E-state index in [-0.39, 0.29) is 0 Å². The molecule has 0 fully saturated rings. The lowest BCUT2D eigenvalue weighted by molar-refractivity contribution is 0.527. The van der Waals surface area contributed by atoms with Crippen molar-refractivity contribution in [3.05, 3.63) is 152 Å². The third-order valence-corrected chi connectivity index (χ3v) is 5.69. The average molecular weight is 414 g/mol. The highest BCUT2D eigenvalue weighted by Gasteiger charge is 2.44. The van der Waals surface area contributed by atoms with Crippen LogP contribution >= 0.6 is 0 Å². The Balaban J connectivity index is 1.94. The summed E-state index contributed by atoms with van der Waals surface area (Å²) in [6.45, 7) is 0. The number of para-hydroxylation sites is 5. The van der Waals surface area contributed by atoms with Crippen molar-refractivity contribution < 1.29 is 0 Å². The topological polar surface area (TPSA) is 3.24 Å². The standard InChI is InChI=1S/C30H25N2/c1-6-16-26(17-7-1)31(27-18-8-2-9-19-27)32(28-20-10-3-11-21-28,29-22-12-4-13-23-29)30-24-14-5-15-25-30/h1-25H/q+1. The minimum Gasteiger partial charge on any atom is -0.177 e. The van der Waals surface area contributed by atoms with E-state index in [0.717, 1.165) is 28.4 Å². The third-order valence-electron chi connectivity index (χ3n) is 5.69. The van der Waals surface area contributed by atoms with Crippen LogP contribution in [-0.4, -0.2) is 0 Å². The highest BCUT2D eigenvalue weighted by atomic mass is 15.8. The molecule has 2 heteroatoms. The molecule has 0 unspecified atom stereocenters. The van der Waals surface area contributed by atoms with E-state index in [0.29, 0.717) is 4.59 Å². The predicted octanol–water partition coefficient (Wildman–Crippen LogP) is 8.41. The summed E-state index contributed by atoms with van der Waals surface area (Å²) < 4.78 is 0.399. The van der Waals surface area contributed by atoms with Crippen LogP contribution in [0.15, 0.2) is 152 Å². The number of hydrogen-bond acceptors (Lipinski definition) is 1. The van der Waals surface area contributed by atoms with E-state index in [4.69, 9.17) is 0 Å². The van der Waals surface area contributed by atoms with Gasteiger partial charge in [-0.25, -0.2) is 0 Å². The van der Waals surface area contributed by atoms with Gasteiger partial charge in [0, 0.05) is 36.4 Å². The maximum atomic E-state index is 2.40. The van der Waals surface area contributed by atoms with Gasteiger partial charge in [-0.2, -0.15) is 5.01 Å². The number of benzene rings is 5. The van der Waals surface area contributed by atoms with Gasteiger partial charge in [-0.1, -0.05) is 91.0 Å². The van der Waals surface area contributed by atoms with Gasteiger partial charge >= 0.3 is 0 Å². The first kappa shape index (κ1) is 19.8. The minimum atomic E-state index is 0.399. The number of hydrogen-bond donors (Lipinski definition) is 0. The molecule has 0 radical (unpaired) electrons. The van der Waals surface area contributed by atoms with Gasteiger partial charge in [0.15, 0.2) is 17.1 Å². The number of anilines is 2. The Morgan fingerprint density at radius 3 is 0.844 bits per heavy atom. The third kappa shape index (κ3) is 3.47. The molecule has 5 rings (SSSR count). The van der Waals surface area contributed by atoms with Crippen LogP contribution in [0, 0.1) is 0 Å². The van der Waals surface area contributed by atoms with Crippen LogP contribution in [0.4, 0.5) is 28.4 Å². The summed E-state index contributed by atoms with van der Waals surface area (Å²) in [4.78, 5) is 0. The van der Waals surface area contributed by atoms with Gasteiger partial charge in [0.1, 0.15) is 0 Å². The molecule has 0 saturated heterocycles. The average Bonchev–Trinajstić information content (AvgIpc) is 2.90. The fraction of sp³-hybridized carbons (Fsp3) is 0. The molecule has 0 heterocycles. The summed E-state index contributed by atoms with van der Waals surface area (Å²) in [7, 11) is 0. The van der Waals surface area contributed by atoms with Gasteiger partial charge in [-0.05, 0) is 24.3 Å². The van der Waals surface area contributed by atoms with Crippen molar-refractivity contribution in [1.82, 2.24) is 4.59 Å². The lowest BCUT2D eigenvalue weighted by Crippen LogP contribution is -2.52. The molecule has 0 atom stereocenters. The second-order valence-electron chi connectivity index (χ2n) is 7.62. The molecule has 5 aromatic carbocycles. The Morgan fingerprint density at radius 1 is 0.312 bits per heavy atom. The SMILES string of the molecule is c1ccc(N(c2ccccc2)[N+](c2ccccc2)(c2ccccc2)c2ccccc2)cc1. The Morgan fingerprint density at radius 2 is 0.562 bits per heavy atom. The van der Waals surface area contributed by atoms with Crippen LogP contribution in [0.5, 0.6) is 0 Å². The zero-order valence-electron chi connectivity index (χ0n) is 17.8. The van der Waals surface area contributed by atoms with Crippen molar-refractivity contribution >= 4 is 28.4 Å². The highest BCUT2D eigenvalue weighted by Crippen LogP contribution is 2.50. The molecule has 0 N–H and O–H groups in total. The fourth-order valence-corrected chi connectivity index (χ4v) is 4.36. The van der Waals surface area contributed by atoms with Gasteiger partial charge in [-0.15, -0.1) is 4.59 Å². The quantitative estimate of drug-likeness (QED) is 0.199. The summed E-state index contributed by atoms with van der Waals surface area (Å²) in [6.07, 6.45) is 0. The summed E-state index contributed by atoms with van der Waals surface area (Å²) in [5.74, 6) is 0. The normalized spacial score (nSPS) is 11.1. The molecule has 32 heavy (non-hydrogen) atoms. The molecular formula is C30H25N2+. The molecule has 0 spiro atoms. The van der Waals surface area contributed by atoms with Crippen LogP contribution < -0.4 is 9.60 Å². The maximum Gasteiger partial charge on any atom is 0.168 e. The van der Waals surface area contributed by atoms with Crippen LogP contribution in [-0.2, 0) is 0 Å². The van der Waals surface area contributed by atoms with Crippen molar-refractivity contribution in [2.24, 2.45) is 0 Å². The molecule has 0 aliphatic rings. The summed E-state index contributed by atoms with van der Waals surface area (Å²) >= 11 is 0. The van der Waals surface area contributed by atoms with Crippen LogP contribution in [0.1, 0.15) is 0 Å². The lowest BCUT2D eigenvalue weighted by Gasteiger charge is -2.45. The maximum absolute atomic E-state index is 2.40. The molecule has 0 aliphatic carbocycles. The van der Waals surface area contributed by atoms with E-state index in [9.17, 15) is 0 Å². The van der Waals surface area contributed by atoms with Crippen molar-refractivity contribution in [2.45, 2.75) is 0 Å². The van der Waals surface area contributed by atoms with Crippen molar-refractivity contribution in [1.29, 1.82) is 0 Å². The predicted molar refractivity (Wildman–Crippen MR) is 135 cm³/mol. The number of nitrogens with zero attached hydrogens (tertiary/aromatic N) is 2. The van der Waals surface area contributed by atoms with E-state index >= 15 is 0 Å². The smallest absolute Gasteiger partial charge is 0.168 e. The first-order valence-corrected chi connectivity index (χ1v) is 10.9. The van der Waals surface area contributed by atoms with E-state index in [1.54, 1.807) is 0 Å². The van der Waals surface area contributed by atoms with Crippen LogP contribution in [0.25, 0.3) is 0 Å². The Kier molecular flexibility index (Phi) is 5.52. The van der Waals surface area contributed by atoms with Gasteiger partial charge in [0.2, 0.25) is 0 Å². The zero-order chi connectivity index (χ0) is 21.6. The second-order valence-corrected chi connectivity index (χ2v) is 7.62. The Labute approximate surface area is 189 Å². The van der Waals surface area contributed by atoms with Gasteiger partial charge in [0.25, 0.3) is 0 Å². The van der Waals surface area contributed by atoms with Crippen molar-refractivity contribution in [3.63, 3.8) is 0 Å². The molecule has 0 aromatic heterocycles. The number of rotatable bonds is 6. The van der Waals surface area contributed by atoms with Crippen LogP contribution in [0.3, 0.4) is 0 Å². The summed E-state index contributed by atoms with van der Waals surface area (Å²) in [5.41, 5.74) is 5.67. The van der Waals surface area contributed by atoms with E-state index in [1.807, 2.05) is 0 Å². The first-order chi connectivity index (χ1) is 15.9. The van der Waals surface area contributed by atoms with E-state index < -0.39 is 0 Å². The molecule has 5 aromatic rings. The van der Waals surface area contributed by atoms with E-state index in [2.05, 4.69) is 157 Å². The fourth-order valence-electron chi connectivity index (χ4n) is 4.36. The van der Waals surface area contributed by atoms with Crippen molar-refractivity contribution in [3.8, 4) is 0 Å². The van der Waals surface area contributed by atoms with Gasteiger partial charge in [0.05, 0.1) is 11.4 Å². The molecule has 0 saturated carbocycles. The molecule has 0 bridgehead atoms. The molecule has 0 aliphatic heterocycles. The zero-order valence-corrected chi connectivity index (χ0v) is 17.8. The van der Waals surface area contributed by atoms with Gasteiger partial charge < -0.3 is 0 Å². The van der Waals surface area contributed by atoms with Crippen LogP contribution in [0.2, 0.25) is 0 Å². The largest absolute Gasteiger partial charge is 0.177 e. The van der Waals surface area contributed by atoms with Gasteiger partial charge in [-0.3, -0.25) is 0 Å². The Bertz CT molecular complexity index is 1100. The summed E-state index contributed by atoms with van der Waals surface area (Å²) in [6, 6.07) is 53.4. The number of quaternary nitrogens is 1. The highest BCUT2D eigenvalue weighted by molar-refractivity contribution is 5.81. The molecule has 0 amide bonds. The minimum absolute atomic E-state index is 0.399. The molecule has 154 valence electrons. The molecular weight excluding hydrogens is 388 g/mol. The van der Waals surface area contributed by atoms with Crippen molar-refractivity contribution in [2.75, 3.05) is 5.01 Å². The Hall–Kier alpha value is -4.14. The first-order valence-electron chi connectivity index (χ1n) is 10.9. The lowest BCUT2D eigenvalue weighted by atomic mass is 10.1.